The standard InChI is InChI=1S/C19H21N3O4/c1-26-17-8-3-2-7-16(17)21-9-11-22(12-10-21)19(25)18(24)20-14-5-4-6-15(23)13-14/h2-8,13,23H,9-12H2,1H3,(H,20,24). The number of phenolic OH excluding ortho intramolecular Hbond substituents is 1. The zero-order chi connectivity index (χ0) is 18.5. The van der Waals surface area contributed by atoms with Gasteiger partial charge in [-0.2, -0.15) is 0 Å². The lowest BCUT2D eigenvalue weighted by Crippen LogP contribution is -2.51. The highest BCUT2D eigenvalue weighted by atomic mass is 16.5. The van der Waals surface area contributed by atoms with Gasteiger partial charge in [0, 0.05) is 37.9 Å². The molecule has 0 bridgehead atoms. The first-order chi connectivity index (χ1) is 12.6. The van der Waals surface area contributed by atoms with Crippen molar-refractivity contribution in [2.45, 2.75) is 0 Å². The highest BCUT2D eigenvalue weighted by Gasteiger charge is 2.27. The maximum Gasteiger partial charge on any atom is 0.313 e. The number of carbonyl (C=O) groups excluding carboxylic acids is 2. The molecule has 0 radical (unpaired) electrons. The summed E-state index contributed by atoms with van der Waals surface area (Å²) >= 11 is 0. The largest absolute Gasteiger partial charge is 0.508 e. The Kier molecular flexibility index (Phi) is 5.26. The molecule has 1 fully saturated rings. The third kappa shape index (κ3) is 3.88. The van der Waals surface area contributed by atoms with Gasteiger partial charge in [0.1, 0.15) is 11.5 Å². The second-order valence-corrected chi connectivity index (χ2v) is 5.96. The molecule has 136 valence electrons. The van der Waals surface area contributed by atoms with E-state index in [0.717, 1.165) is 11.4 Å². The van der Waals surface area contributed by atoms with Crippen LogP contribution in [-0.4, -0.2) is 55.1 Å². The molecule has 3 rings (SSSR count). The molecule has 1 heterocycles. The SMILES string of the molecule is COc1ccccc1N1CCN(C(=O)C(=O)Nc2cccc(O)c2)CC1. The fraction of sp³-hybridized carbons (Fsp3) is 0.263. The van der Waals surface area contributed by atoms with Gasteiger partial charge in [-0.3, -0.25) is 9.59 Å². The van der Waals surface area contributed by atoms with Gasteiger partial charge in [-0.15, -0.1) is 0 Å². The summed E-state index contributed by atoms with van der Waals surface area (Å²) in [7, 11) is 1.63. The number of amides is 2. The van der Waals surface area contributed by atoms with Crippen molar-refractivity contribution in [2.24, 2.45) is 0 Å². The van der Waals surface area contributed by atoms with E-state index in [2.05, 4.69) is 10.2 Å². The normalized spacial score (nSPS) is 14.0. The minimum absolute atomic E-state index is 0.0284. The molecule has 7 nitrogen and oxygen atoms in total. The Morgan fingerprint density at radius 3 is 2.46 bits per heavy atom. The number of hydrogen-bond donors (Lipinski definition) is 2. The van der Waals surface area contributed by atoms with E-state index in [1.165, 1.54) is 17.0 Å². The molecule has 2 amide bonds. The van der Waals surface area contributed by atoms with Gasteiger partial charge >= 0.3 is 11.8 Å². The molecule has 0 aliphatic carbocycles. The number of phenols is 1. The minimum atomic E-state index is -0.707. The smallest absolute Gasteiger partial charge is 0.313 e. The van der Waals surface area contributed by atoms with Crippen LogP contribution in [0, 0.1) is 0 Å². The average Bonchev–Trinajstić information content (AvgIpc) is 2.67. The van der Waals surface area contributed by atoms with Gasteiger partial charge in [0.2, 0.25) is 0 Å². The number of carbonyl (C=O) groups is 2. The summed E-state index contributed by atoms with van der Waals surface area (Å²) in [5.41, 5.74) is 1.36. The van der Waals surface area contributed by atoms with E-state index in [1.54, 1.807) is 19.2 Å². The van der Waals surface area contributed by atoms with Crippen molar-refractivity contribution >= 4 is 23.2 Å². The minimum Gasteiger partial charge on any atom is -0.508 e. The van der Waals surface area contributed by atoms with Gasteiger partial charge in [0.25, 0.3) is 0 Å². The third-order valence-electron chi connectivity index (χ3n) is 4.29. The van der Waals surface area contributed by atoms with E-state index in [1.807, 2.05) is 24.3 Å². The van der Waals surface area contributed by atoms with Crippen molar-refractivity contribution in [1.82, 2.24) is 4.90 Å². The van der Waals surface area contributed by atoms with Crippen LogP contribution < -0.4 is 15.0 Å². The first-order valence-corrected chi connectivity index (χ1v) is 8.36. The molecule has 2 N–H and O–H groups in total. The third-order valence-corrected chi connectivity index (χ3v) is 4.29. The van der Waals surface area contributed by atoms with E-state index in [-0.39, 0.29) is 5.75 Å². The van der Waals surface area contributed by atoms with E-state index >= 15 is 0 Å². The summed E-state index contributed by atoms with van der Waals surface area (Å²) in [6, 6.07) is 13.8. The number of ether oxygens (including phenoxy) is 1. The molecule has 0 atom stereocenters. The zero-order valence-corrected chi connectivity index (χ0v) is 14.5. The zero-order valence-electron chi connectivity index (χ0n) is 14.5. The van der Waals surface area contributed by atoms with Gasteiger partial charge in [-0.25, -0.2) is 0 Å². The van der Waals surface area contributed by atoms with Crippen LogP contribution in [0.25, 0.3) is 0 Å². The van der Waals surface area contributed by atoms with Crippen molar-refractivity contribution in [3.8, 4) is 11.5 Å². The maximum absolute atomic E-state index is 12.4. The Morgan fingerprint density at radius 1 is 1.04 bits per heavy atom. The van der Waals surface area contributed by atoms with E-state index < -0.39 is 11.8 Å². The van der Waals surface area contributed by atoms with Crippen molar-refractivity contribution in [3.63, 3.8) is 0 Å². The molecule has 0 unspecified atom stereocenters. The highest BCUT2D eigenvalue weighted by Crippen LogP contribution is 2.28. The Balaban J connectivity index is 1.59. The van der Waals surface area contributed by atoms with Gasteiger partial charge in [0.15, 0.2) is 0 Å². The van der Waals surface area contributed by atoms with Gasteiger partial charge in [-0.1, -0.05) is 18.2 Å². The predicted octanol–water partition coefficient (Wildman–Crippen LogP) is 1.69. The molecular formula is C19H21N3O4. The average molecular weight is 355 g/mol. The summed E-state index contributed by atoms with van der Waals surface area (Å²) in [6.07, 6.45) is 0. The van der Waals surface area contributed by atoms with Crippen LogP contribution in [0.5, 0.6) is 11.5 Å². The van der Waals surface area contributed by atoms with E-state index in [4.69, 9.17) is 4.74 Å². The molecule has 1 saturated heterocycles. The molecule has 7 heteroatoms. The molecule has 0 aromatic heterocycles. The summed E-state index contributed by atoms with van der Waals surface area (Å²) < 4.78 is 5.38. The Labute approximate surface area is 151 Å². The van der Waals surface area contributed by atoms with Crippen LogP contribution in [0.3, 0.4) is 0 Å². The first kappa shape index (κ1) is 17.6. The van der Waals surface area contributed by atoms with Crippen LogP contribution in [0.4, 0.5) is 11.4 Å². The number of para-hydroxylation sites is 2. The molecule has 26 heavy (non-hydrogen) atoms. The Hall–Kier alpha value is -3.22. The van der Waals surface area contributed by atoms with Crippen LogP contribution >= 0.6 is 0 Å². The van der Waals surface area contributed by atoms with Crippen LogP contribution in [0.1, 0.15) is 0 Å². The second kappa shape index (κ2) is 7.77. The molecule has 2 aromatic carbocycles. The van der Waals surface area contributed by atoms with Gasteiger partial charge in [-0.05, 0) is 24.3 Å². The van der Waals surface area contributed by atoms with Crippen molar-refractivity contribution in [1.29, 1.82) is 0 Å². The van der Waals surface area contributed by atoms with Crippen molar-refractivity contribution in [2.75, 3.05) is 43.5 Å². The topological polar surface area (TPSA) is 82.1 Å². The summed E-state index contributed by atoms with van der Waals surface area (Å²) in [4.78, 5) is 28.2. The lowest BCUT2D eigenvalue weighted by molar-refractivity contribution is -0.143. The van der Waals surface area contributed by atoms with E-state index in [0.29, 0.717) is 31.9 Å². The van der Waals surface area contributed by atoms with Crippen LogP contribution in [-0.2, 0) is 9.59 Å². The Morgan fingerprint density at radius 2 is 1.77 bits per heavy atom. The van der Waals surface area contributed by atoms with Gasteiger partial charge < -0.3 is 25.0 Å². The molecule has 0 saturated carbocycles. The van der Waals surface area contributed by atoms with E-state index in [9.17, 15) is 14.7 Å². The maximum atomic E-state index is 12.4. The number of benzene rings is 2. The first-order valence-electron chi connectivity index (χ1n) is 8.36. The number of hydrogen-bond acceptors (Lipinski definition) is 5. The number of methoxy groups -OCH3 is 1. The molecule has 0 spiro atoms. The lowest BCUT2D eigenvalue weighted by atomic mass is 10.2. The second-order valence-electron chi connectivity index (χ2n) is 5.96. The molecule has 2 aromatic rings. The fourth-order valence-electron chi connectivity index (χ4n) is 2.95. The lowest BCUT2D eigenvalue weighted by Gasteiger charge is -2.36. The Bertz CT molecular complexity index is 801. The summed E-state index contributed by atoms with van der Waals surface area (Å²) in [6.45, 7) is 2.13. The number of aromatic hydroxyl groups is 1. The number of anilines is 2. The highest BCUT2D eigenvalue weighted by molar-refractivity contribution is 6.39. The number of piperazine rings is 1. The number of nitrogens with one attached hydrogen (secondary N) is 1. The number of rotatable bonds is 3. The predicted molar refractivity (Wildman–Crippen MR) is 98.5 cm³/mol. The quantitative estimate of drug-likeness (QED) is 0.819. The van der Waals surface area contributed by atoms with Crippen LogP contribution in [0.15, 0.2) is 48.5 Å². The summed E-state index contributed by atoms with van der Waals surface area (Å²) in [5.74, 6) is -0.469. The number of nitrogens with zero attached hydrogens (tertiary/aromatic N) is 2. The molecule has 1 aliphatic heterocycles. The van der Waals surface area contributed by atoms with Crippen molar-refractivity contribution in [3.05, 3.63) is 48.5 Å². The monoisotopic (exact) mass is 355 g/mol. The molecular weight excluding hydrogens is 334 g/mol. The van der Waals surface area contributed by atoms with Gasteiger partial charge in [0.05, 0.1) is 12.8 Å². The van der Waals surface area contributed by atoms with Crippen LogP contribution in [0.2, 0.25) is 0 Å². The fourth-order valence-corrected chi connectivity index (χ4v) is 2.95. The summed E-state index contributed by atoms with van der Waals surface area (Å²) in [5, 5.41) is 11.9. The van der Waals surface area contributed by atoms with Crippen molar-refractivity contribution < 1.29 is 19.4 Å². The molecule has 1 aliphatic rings.